The summed E-state index contributed by atoms with van der Waals surface area (Å²) in [5.41, 5.74) is 0. The second kappa shape index (κ2) is 11.6. The third kappa shape index (κ3) is 7.08. The van der Waals surface area contributed by atoms with Crippen molar-refractivity contribution in [3.8, 4) is 0 Å². The fourth-order valence-electron chi connectivity index (χ4n) is 2.32. The average molecular weight is 398 g/mol. The molecule has 120 valence electrons. The Kier molecular flexibility index (Phi) is 11.5. The maximum absolute atomic E-state index is 5.68. The number of piperidine rings is 1. The third-order valence-electron chi connectivity index (χ3n) is 3.67. The molecule has 1 aliphatic heterocycles. The van der Waals surface area contributed by atoms with Crippen LogP contribution in [0, 0.1) is 0 Å². The second-order valence-electron chi connectivity index (χ2n) is 5.01. The van der Waals surface area contributed by atoms with E-state index in [2.05, 4.69) is 41.0 Å². The van der Waals surface area contributed by atoms with Gasteiger partial charge < -0.3 is 19.9 Å². The van der Waals surface area contributed by atoms with Gasteiger partial charge in [0, 0.05) is 39.8 Å². The molecular weight excluding hydrogens is 367 g/mol. The van der Waals surface area contributed by atoms with E-state index >= 15 is 0 Å². The highest BCUT2D eigenvalue weighted by Gasteiger charge is 2.21. The molecule has 1 saturated heterocycles. The van der Waals surface area contributed by atoms with Crippen LogP contribution in [0.3, 0.4) is 0 Å². The molecule has 5 nitrogen and oxygen atoms in total. The van der Waals surface area contributed by atoms with Gasteiger partial charge in [-0.25, -0.2) is 0 Å². The number of guanidine groups is 1. The standard InChI is InChI=1S/C14H30N4O.HI/c1-5-17(4)12-9-16-14(15-3)18-10-7-13(8-11-18)19-6-2;/h13H,5-12H2,1-4H3,(H,15,16);1H. The zero-order valence-electron chi connectivity index (χ0n) is 13.4. The van der Waals surface area contributed by atoms with Crippen LogP contribution in [0.15, 0.2) is 4.99 Å². The van der Waals surface area contributed by atoms with Crippen molar-refractivity contribution in [3.05, 3.63) is 0 Å². The first-order valence-corrected chi connectivity index (χ1v) is 7.47. The number of likely N-dealkylation sites (tertiary alicyclic amines) is 1. The lowest BCUT2D eigenvalue weighted by atomic mass is 10.1. The summed E-state index contributed by atoms with van der Waals surface area (Å²) in [5.74, 6) is 1.03. The van der Waals surface area contributed by atoms with Crippen molar-refractivity contribution < 1.29 is 4.74 Å². The van der Waals surface area contributed by atoms with Gasteiger partial charge in [0.2, 0.25) is 0 Å². The van der Waals surface area contributed by atoms with Gasteiger partial charge in [0.25, 0.3) is 0 Å². The molecule has 0 aliphatic carbocycles. The Hall–Kier alpha value is -0.0800. The number of nitrogens with zero attached hydrogens (tertiary/aromatic N) is 3. The topological polar surface area (TPSA) is 40.1 Å². The highest BCUT2D eigenvalue weighted by Crippen LogP contribution is 2.13. The van der Waals surface area contributed by atoms with Crippen LogP contribution in [0.1, 0.15) is 26.7 Å². The number of aliphatic imine (C=N–C) groups is 1. The molecule has 1 heterocycles. The van der Waals surface area contributed by atoms with Gasteiger partial charge >= 0.3 is 0 Å². The average Bonchev–Trinajstić information content (AvgIpc) is 2.45. The maximum atomic E-state index is 5.68. The van der Waals surface area contributed by atoms with Crippen LogP contribution in [-0.2, 0) is 4.74 Å². The van der Waals surface area contributed by atoms with E-state index in [1.54, 1.807) is 0 Å². The van der Waals surface area contributed by atoms with Crippen molar-refractivity contribution in [1.82, 2.24) is 15.1 Å². The normalized spacial score (nSPS) is 17.2. The Labute approximate surface area is 141 Å². The lowest BCUT2D eigenvalue weighted by molar-refractivity contribution is 0.0263. The summed E-state index contributed by atoms with van der Waals surface area (Å²) in [7, 11) is 4.00. The van der Waals surface area contributed by atoms with E-state index in [1.807, 2.05) is 7.05 Å². The number of halogens is 1. The number of likely N-dealkylation sites (N-methyl/N-ethyl adjacent to an activating group) is 1. The SMILES string of the molecule is CCOC1CCN(C(=NC)NCCN(C)CC)CC1.I. The predicted octanol–water partition coefficient (Wildman–Crippen LogP) is 1.63. The van der Waals surface area contributed by atoms with E-state index in [0.29, 0.717) is 6.10 Å². The largest absolute Gasteiger partial charge is 0.378 e. The van der Waals surface area contributed by atoms with Crippen LogP contribution in [0.2, 0.25) is 0 Å². The number of rotatable bonds is 6. The van der Waals surface area contributed by atoms with Crippen LogP contribution in [0.25, 0.3) is 0 Å². The first-order chi connectivity index (χ1) is 9.21. The second-order valence-corrected chi connectivity index (χ2v) is 5.01. The van der Waals surface area contributed by atoms with Gasteiger partial charge in [-0.2, -0.15) is 0 Å². The van der Waals surface area contributed by atoms with Crippen LogP contribution in [-0.4, -0.2) is 75.3 Å². The molecular formula is C14H31IN4O. The lowest BCUT2D eigenvalue weighted by Crippen LogP contribution is -2.48. The van der Waals surface area contributed by atoms with Gasteiger partial charge in [-0.05, 0) is 33.4 Å². The highest BCUT2D eigenvalue weighted by molar-refractivity contribution is 14.0. The van der Waals surface area contributed by atoms with E-state index in [1.165, 1.54) is 0 Å². The van der Waals surface area contributed by atoms with Crippen molar-refractivity contribution in [2.75, 3.05) is 53.4 Å². The molecule has 1 fully saturated rings. The zero-order valence-corrected chi connectivity index (χ0v) is 15.7. The van der Waals surface area contributed by atoms with Gasteiger partial charge in [-0.1, -0.05) is 6.92 Å². The fraction of sp³-hybridized carbons (Fsp3) is 0.929. The molecule has 0 radical (unpaired) electrons. The monoisotopic (exact) mass is 398 g/mol. The van der Waals surface area contributed by atoms with Gasteiger partial charge in [0.05, 0.1) is 6.10 Å². The van der Waals surface area contributed by atoms with Crippen molar-refractivity contribution in [3.63, 3.8) is 0 Å². The van der Waals surface area contributed by atoms with Crippen molar-refractivity contribution >= 4 is 29.9 Å². The van der Waals surface area contributed by atoms with Gasteiger partial charge in [-0.3, -0.25) is 4.99 Å². The molecule has 0 atom stereocenters. The Bertz CT molecular complexity index is 268. The lowest BCUT2D eigenvalue weighted by Gasteiger charge is -2.34. The van der Waals surface area contributed by atoms with Crippen LogP contribution >= 0.6 is 24.0 Å². The molecule has 0 aromatic rings. The minimum atomic E-state index is 0. The summed E-state index contributed by atoms with van der Waals surface area (Å²) in [4.78, 5) is 9.01. The summed E-state index contributed by atoms with van der Waals surface area (Å²) in [5, 5.41) is 3.44. The fourth-order valence-corrected chi connectivity index (χ4v) is 2.32. The van der Waals surface area contributed by atoms with Crippen molar-refractivity contribution in [2.24, 2.45) is 4.99 Å². The van der Waals surface area contributed by atoms with Gasteiger partial charge in [0.1, 0.15) is 0 Å². The molecule has 0 unspecified atom stereocenters. The molecule has 20 heavy (non-hydrogen) atoms. The number of hydrogen-bond acceptors (Lipinski definition) is 3. The Morgan fingerprint density at radius 1 is 1.35 bits per heavy atom. The number of nitrogens with one attached hydrogen (secondary N) is 1. The molecule has 6 heteroatoms. The minimum absolute atomic E-state index is 0. The highest BCUT2D eigenvalue weighted by atomic mass is 127. The molecule has 1 rings (SSSR count). The van der Waals surface area contributed by atoms with Crippen LogP contribution < -0.4 is 5.32 Å². The zero-order chi connectivity index (χ0) is 14.1. The summed E-state index contributed by atoms with van der Waals surface area (Å²) in [6.45, 7) is 10.2. The maximum Gasteiger partial charge on any atom is 0.193 e. The quantitative estimate of drug-likeness (QED) is 0.420. The first-order valence-electron chi connectivity index (χ1n) is 7.47. The Morgan fingerprint density at radius 3 is 2.50 bits per heavy atom. The first kappa shape index (κ1) is 19.9. The van der Waals surface area contributed by atoms with Crippen molar-refractivity contribution in [1.29, 1.82) is 0 Å². The molecule has 0 bridgehead atoms. The minimum Gasteiger partial charge on any atom is -0.378 e. The third-order valence-corrected chi connectivity index (χ3v) is 3.67. The molecule has 0 saturated carbocycles. The van der Waals surface area contributed by atoms with E-state index in [0.717, 1.165) is 58.1 Å². The van der Waals surface area contributed by atoms with E-state index in [4.69, 9.17) is 4.74 Å². The van der Waals surface area contributed by atoms with Crippen LogP contribution in [0.5, 0.6) is 0 Å². The number of ether oxygens (including phenoxy) is 1. The van der Waals surface area contributed by atoms with Crippen molar-refractivity contribution in [2.45, 2.75) is 32.8 Å². The summed E-state index contributed by atoms with van der Waals surface area (Å²) in [6.07, 6.45) is 2.64. The summed E-state index contributed by atoms with van der Waals surface area (Å²) >= 11 is 0. The molecule has 1 N–H and O–H groups in total. The summed E-state index contributed by atoms with van der Waals surface area (Å²) in [6, 6.07) is 0. The Balaban J connectivity index is 0.00000361. The molecule has 0 aromatic carbocycles. The van der Waals surface area contributed by atoms with Gasteiger partial charge in [-0.15, -0.1) is 24.0 Å². The molecule has 0 amide bonds. The smallest absolute Gasteiger partial charge is 0.193 e. The van der Waals surface area contributed by atoms with Gasteiger partial charge in [0.15, 0.2) is 5.96 Å². The summed E-state index contributed by atoms with van der Waals surface area (Å²) < 4.78 is 5.68. The van der Waals surface area contributed by atoms with E-state index in [9.17, 15) is 0 Å². The molecule has 0 spiro atoms. The number of hydrogen-bond donors (Lipinski definition) is 1. The predicted molar refractivity (Wildman–Crippen MR) is 96.2 cm³/mol. The Morgan fingerprint density at radius 2 is 2.00 bits per heavy atom. The molecule has 1 aliphatic rings. The van der Waals surface area contributed by atoms with E-state index in [-0.39, 0.29) is 24.0 Å². The van der Waals surface area contributed by atoms with E-state index < -0.39 is 0 Å². The molecule has 0 aromatic heterocycles. The van der Waals surface area contributed by atoms with Crippen LogP contribution in [0.4, 0.5) is 0 Å².